The molecule has 0 aliphatic rings. The molecule has 1 heterocycles. The maximum absolute atomic E-state index is 12.7. The van der Waals surface area contributed by atoms with Gasteiger partial charge >= 0.3 is 12.0 Å². The van der Waals surface area contributed by atoms with Crippen molar-refractivity contribution in [2.75, 3.05) is 12.4 Å². The molecule has 0 saturated carbocycles. The van der Waals surface area contributed by atoms with Crippen molar-refractivity contribution in [3.8, 4) is 0 Å². The van der Waals surface area contributed by atoms with Crippen LogP contribution in [0, 0.1) is 13.8 Å². The molecule has 0 fully saturated rings. The van der Waals surface area contributed by atoms with Crippen LogP contribution in [-0.4, -0.2) is 49.8 Å². The van der Waals surface area contributed by atoms with Crippen LogP contribution >= 0.6 is 0 Å². The van der Waals surface area contributed by atoms with E-state index >= 15 is 0 Å². The minimum atomic E-state index is -4.41. The molecule has 2 amide bonds. The standard InChI is InChI=1S/C18H21N5O6S/c1-11-9-12(2)21-17(20-11)22-18(25)23-30(26,27)15-8-6-5-7-14(15)16(24)29-13(3)10-19-28-4/h5-10,13H,1-4H3,(H2,20,21,22,23,25). The molecule has 1 aromatic carbocycles. The predicted octanol–water partition coefficient (Wildman–Crippen LogP) is 1.78. The number of urea groups is 1. The molecule has 1 unspecified atom stereocenters. The van der Waals surface area contributed by atoms with E-state index in [1.807, 2.05) is 4.72 Å². The smallest absolute Gasteiger partial charge is 0.340 e. The van der Waals surface area contributed by atoms with Gasteiger partial charge in [-0.15, -0.1) is 0 Å². The normalized spacial score (nSPS) is 12.3. The number of oxime groups is 1. The van der Waals surface area contributed by atoms with Gasteiger partial charge in [0.05, 0.1) is 11.8 Å². The molecule has 1 aromatic heterocycles. The molecule has 2 N–H and O–H groups in total. The Kier molecular flexibility index (Phi) is 7.42. The van der Waals surface area contributed by atoms with Crippen LogP contribution in [0.25, 0.3) is 0 Å². The highest BCUT2D eigenvalue weighted by molar-refractivity contribution is 7.90. The molecule has 0 saturated heterocycles. The number of nitrogens with one attached hydrogen (secondary N) is 2. The summed E-state index contributed by atoms with van der Waals surface area (Å²) in [7, 11) is -3.08. The molecule has 1 atom stereocenters. The first-order valence-electron chi connectivity index (χ1n) is 8.65. The van der Waals surface area contributed by atoms with Crippen molar-refractivity contribution in [3.05, 3.63) is 47.3 Å². The number of nitrogens with zero attached hydrogens (tertiary/aromatic N) is 3. The lowest BCUT2D eigenvalue weighted by Crippen LogP contribution is -2.36. The summed E-state index contributed by atoms with van der Waals surface area (Å²) < 4.78 is 32.3. The third kappa shape index (κ3) is 6.24. The highest BCUT2D eigenvalue weighted by Gasteiger charge is 2.26. The SMILES string of the molecule is CON=CC(C)OC(=O)c1ccccc1S(=O)(=O)NC(=O)Nc1nc(C)cc(C)n1. The molecular formula is C18H21N5O6S. The van der Waals surface area contributed by atoms with Crippen molar-refractivity contribution >= 4 is 34.2 Å². The molecule has 0 spiro atoms. The molecule has 0 aliphatic heterocycles. The van der Waals surface area contributed by atoms with Gasteiger partial charge < -0.3 is 9.57 Å². The number of ether oxygens (including phenoxy) is 1. The van der Waals surface area contributed by atoms with Crippen LogP contribution in [0.2, 0.25) is 0 Å². The van der Waals surface area contributed by atoms with Crippen molar-refractivity contribution in [2.45, 2.75) is 31.8 Å². The summed E-state index contributed by atoms with van der Waals surface area (Å²) in [5.41, 5.74) is 0.942. The lowest BCUT2D eigenvalue weighted by Gasteiger charge is -2.13. The van der Waals surface area contributed by atoms with E-state index in [0.29, 0.717) is 11.4 Å². The van der Waals surface area contributed by atoms with E-state index < -0.39 is 33.0 Å². The van der Waals surface area contributed by atoms with Crippen LogP contribution in [0.3, 0.4) is 0 Å². The number of benzene rings is 1. The Morgan fingerprint density at radius 2 is 1.80 bits per heavy atom. The first-order valence-corrected chi connectivity index (χ1v) is 10.1. The number of aryl methyl sites for hydroxylation is 2. The summed E-state index contributed by atoms with van der Waals surface area (Å²) in [5.74, 6) is -0.969. The molecule has 30 heavy (non-hydrogen) atoms. The minimum Gasteiger partial charge on any atom is -0.453 e. The van der Waals surface area contributed by atoms with E-state index in [9.17, 15) is 18.0 Å². The van der Waals surface area contributed by atoms with Crippen molar-refractivity contribution in [2.24, 2.45) is 5.16 Å². The van der Waals surface area contributed by atoms with E-state index in [2.05, 4.69) is 25.3 Å². The average molecular weight is 435 g/mol. The molecule has 0 radical (unpaired) electrons. The van der Waals surface area contributed by atoms with Crippen LogP contribution in [0.1, 0.15) is 28.7 Å². The third-order valence-electron chi connectivity index (χ3n) is 3.50. The van der Waals surface area contributed by atoms with Gasteiger partial charge in [-0.05, 0) is 39.0 Å². The molecule has 0 bridgehead atoms. The van der Waals surface area contributed by atoms with Gasteiger partial charge in [-0.25, -0.2) is 32.7 Å². The second-order valence-corrected chi connectivity index (χ2v) is 7.73. The fraction of sp³-hybridized carbons (Fsp3) is 0.278. The highest BCUT2D eigenvalue weighted by Crippen LogP contribution is 2.17. The van der Waals surface area contributed by atoms with Gasteiger partial charge in [0.2, 0.25) is 5.95 Å². The van der Waals surface area contributed by atoms with Crippen LogP contribution < -0.4 is 10.0 Å². The van der Waals surface area contributed by atoms with E-state index in [1.54, 1.807) is 19.9 Å². The van der Waals surface area contributed by atoms with Gasteiger partial charge in [-0.2, -0.15) is 0 Å². The zero-order valence-electron chi connectivity index (χ0n) is 16.7. The Hall–Kier alpha value is -3.54. The summed E-state index contributed by atoms with van der Waals surface area (Å²) in [5, 5.41) is 5.74. The summed E-state index contributed by atoms with van der Waals surface area (Å²) in [6, 6.07) is 5.93. The second-order valence-electron chi connectivity index (χ2n) is 6.08. The largest absolute Gasteiger partial charge is 0.453 e. The zero-order chi connectivity index (χ0) is 22.3. The number of aromatic nitrogens is 2. The highest BCUT2D eigenvalue weighted by atomic mass is 32.2. The lowest BCUT2D eigenvalue weighted by atomic mass is 10.2. The van der Waals surface area contributed by atoms with Gasteiger partial charge in [0.25, 0.3) is 10.0 Å². The van der Waals surface area contributed by atoms with E-state index in [-0.39, 0.29) is 11.5 Å². The number of sulfonamides is 1. The fourth-order valence-electron chi connectivity index (χ4n) is 2.36. The summed E-state index contributed by atoms with van der Waals surface area (Å²) >= 11 is 0. The van der Waals surface area contributed by atoms with Crippen molar-refractivity contribution in [3.63, 3.8) is 0 Å². The van der Waals surface area contributed by atoms with Crippen LogP contribution in [0.5, 0.6) is 0 Å². The van der Waals surface area contributed by atoms with Gasteiger partial charge in [-0.3, -0.25) is 5.32 Å². The second kappa shape index (κ2) is 9.78. The molecule has 160 valence electrons. The number of carbonyl (C=O) groups excluding carboxylic acids is 2. The number of anilines is 1. The topological polar surface area (TPSA) is 149 Å². The summed E-state index contributed by atoms with van der Waals surface area (Å²) in [6.45, 7) is 4.93. The predicted molar refractivity (Wildman–Crippen MR) is 108 cm³/mol. The van der Waals surface area contributed by atoms with E-state index in [4.69, 9.17) is 4.74 Å². The Balaban J connectivity index is 2.20. The quantitative estimate of drug-likeness (QED) is 0.380. The van der Waals surface area contributed by atoms with Crippen molar-refractivity contribution < 1.29 is 27.6 Å². The van der Waals surface area contributed by atoms with Crippen molar-refractivity contribution in [1.82, 2.24) is 14.7 Å². The van der Waals surface area contributed by atoms with Crippen LogP contribution in [0.15, 0.2) is 40.4 Å². The van der Waals surface area contributed by atoms with E-state index in [1.165, 1.54) is 44.5 Å². The molecule has 11 nitrogen and oxygen atoms in total. The Labute approximate surface area is 173 Å². The molecular weight excluding hydrogens is 414 g/mol. The monoisotopic (exact) mass is 435 g/mol. The Bertz CT molecular complexity index is 1050. The maximum atomic E-state index is 12.7. The number of hydrogen-bond donors (Lipinski definition) is 2. The van der Waals surface area contributed by atoms with Gasteiger partial charge in [0.1, 0.15) is 18.1 Å². The lowest BCUT2D eigenvalue weighted by molar-refractivity contribution is 0.0448. The summed E-state index contributed by atoms with van der Waals surface area (Å²) in [4.78, 5) is 36.7. The number of esters is 1. The van der Waals surface area contributed by atoms with Gasteiger partial charge in [0.15, 0.2) is 0 Å². The maximum Gasteiger partial charge on any atom is 0.340 e. The van der Waals surface area contributed by atoms with Crippen LogP contribution in [0.4, 0.5) is 10.7 Å². The van der Waals surface area contributed by atoms with Gasteiger partial charge in [0, 0.05) is 11.4 Å². The number of carbonyl (C=O) groups is 2. The molecule has 0 aliphatic carbocycles. The molecule has 2 rings (SSSR count). The Morgan fingerprint density at radius 3 is 2.43 bits per heavy atom. The number of rotatable bonds is 7. The first kappa shape index (κ1) is 22.7. The molecule has 2 aromatic rings. The third-order valence-corrected chi connectivity index (χ3v) is 4.89. The minimum absolute atomic E-state index is 0.0563. The Morgan fingerprint density at radius 1 is 1.17 bits per heavy atom. The van der Waals surface area contributed by atoms with Gasteiger partial charge in [-0.1, -0.05) is 17.3 Å². The summed E-state index contributed by atoms with van der Waals surface area (Å²) in [6.07, 6.45) is 0.455. The van der Waals surface area contributed by atoms with Crippen LogP contribution in [-0.2, 0) is 19.6 Å². The number of amides is 2. The molecule has 12 heteroatoms. The van der Waals surface area contributed by atoms with E-state index in [0.717, 1.165) is 0 Å². The average Bonchev–Trinajstić information content (AvgIpc) is 2.65. The fourth-order valence-corrected chi connectivity index (χ4v) is 3.47. The van der Waals surface area contributed by atoms with Crippen molar-refractivity contribution in [1.29, 1.82) is 0 Å². The number of hydrogen-bond acceptors (Lipinski definition) is 9. The zero-order valence-corrected chi connectivity index (χ0v) is 17.6. The first-order chi connectivity index (χ1) is 14.1.